The Hall–Kier alpha value is -0.460. The van der Waals surface area contributed by atoms with Crippen LogP contribution in [0.1, 0.15) is 12.8 Å². The Morgan fingerprint density at radius 2 is 2.18 bits per heavy atom. The van der Waals surface area contributed by atoms with Crippen LogP contribution in [0.5, 0.6) is 0 Å². The zero-order chi connectivity index (χ0) is 11.5. The molecule has 1 saturated heterocycles. The highest BCUT2D eigenvalue weighted by Gasteiger charge is 2.28. The minimum Gasteiger partial charge on any atom is -0.352 e. The molecule has 2 rings (SSSR count). The van der Waals surface area contributed by atoms with Crippen LogP contribution in [0.25, 0.3) is 0 Å². The fourth-order valence-electron chi connectivity index (χ4n) is 1.61. The van der Waals surface area contributed by atoms with Gasteiger partial charge in [0.25, 0.3) is 0 Å². The maximum absolute atomic E-state index is 11.9. The predicted octanol–water partition coefficient (Wildman–Crippen LogP) is -0.192. The molecule has 5 nitrogen and oxygen atoms in total. The topological polar surface area (TPSA) is 61.4 Å². The van der Waals surface area contributed by atoms with Gasteiger partial charge in [0.05, 0.1) is 12.6 Å². The lowest BCUT2D eigenvalue weighted by molar-refractivity contribution is -0.135. The number of thioether (sulfide) groups is 1. The van der Waals surface area contributed by atoms with Crippen LogP contribution in [0, 0.1) is 0 Å². The molecule has 2 aliphatic rings. The number of nitrogens with zero attached hydrogens (tertiary/aromatic N) is 1. The van der Waals surface area contributed by atoms with Gasteiger partial charge in [0.2, 0.25) is 11.8 Å². The number of nitrogens with one attached hydrogen (secondary N) is 2. The quantitative estimate of drug-likeness (QED) is 0.749. The summed E-state index contributed by atoms with van der Waals surface area (Å²) in [5.74, 6) is 1.58. The molecular formula is C10H18ClN3O2S. The second kappa shape index (κ2) is 6.47. The summed E-state index contributed by atoms with van der Waals surface area (Å²) < 4.78 is 0. The van der Waals surface area contributed by atoms with E-state index in [0.29, 0.717) is 6.04 Å². The number of halogens is 1. The number of carbonyl (C=O) groups excluding carboxylic acids is 2. The van der Waals surface area contributed by atoms with Crippen molar-refractivity contribution >= 4 is 36.0 Å². The van der Waals surface area contributed by atoms with E-state index in [2.05, 4.69) is 10.6 Å². The molecule has 1 saturated carbocycles. The SMILES string of the molecule is CN(CC(=O)NC1CC1)C(=O)C1CSCN1.Cl. The van der Waals surface area contributed by atoms with Crippen molar-refractivity contribution in [3.63, 3.8) is 0 Å². The molecular weight excluding hydrogens is 262 g/mol. The van der Waals surface area contributed by atoms with Crippen molar-refractivity contribution in [1.82, 2.24) is 15.5 Å². The third kappa shape index (κ3) is 4.37. The van der Waals surface area contributed by atoms with E-state index in [1.54, 1.807) is 18.8 Å². The summed E-state index contributed by atoms with van der Waals surface area (Å²) in [6.07, 6.45) is 2.15. The van der Waals surface area contributed by atoms with Crippen LogP contribution in [0.15, 0.2) is 0 Å². The first-order chi connectivity index (χ1) is 7.66. The summed E-state index contributed by atoms with van der Waals surface area (Å²) in [7, 11) is 1.68. The molecule has 0 aromatic rings. The van der Waals surface area contributed by atoms with E-state index < -0.39 is 0 Å². The first-order valence-electron chi connectivity index (χ1n) is 5.52. The van der Waals surface area contributed by atoms with Crippen LogP contribution in [0.2, 0.25) is 0 Å². The molecule has 17 heavy (non-hydrogen) atoms. The van der Waals surface area contributed by atoms with E-state index in [-0.39, 0.29) is 36.8 Å². The Morgan fingerprint density at radius 1 is 1.47 bits per heavy atom. The maximum Gasteiger partial charge on any atom is 0.240 e. The molecule has 2 N–H and O–H groups in total. The average molecular weight is 280 g/mol. The zero-order valence-corrected chi connectivity index (χ0v) is 11.4. The molecule has 2 amide bonds. The molecule has 98 valence electrons. The zero-order valence-electron chi connectivity index (χ0n) is 9.77. The molecule has 0 aromatic carbocycles. The number of hydrogen-bond donors (Lipinski definition) is 2. The monoisotopic (exact) mass is 279 g/mol. The highest BCUT2D eigenvalue weighted by Crippen LogP contribution is 2.18. The van der Waals surface area contributed by atoms with Gasteiger partial charge >= 0.3 is 0 Å². The van der Waals surface area contributed by atoms with Gasteiger partial charge in [-0.2, -0.15) is 0 Å². The molecule has 0 bridgehead atoms. The normalized spacial score (nSPS) is 22.8. The van der Waals surface area contributed by atoms with Gasteiger partial charge < -0.3 is 10.2 Å². The van der Waals surface area contributed by atoms with Gasteiger partial charge in [-0.1, -0.05) is 0 Å². The molecule has 1 heterocycles. The molecule has 0 radical (unpaired) electrons. The highest BCUT2D eigenvalue weighted by atomic mass is 35.5. The van der Waals surface area contributed by atoms with Crippen molar-refractivity contribution < 1.29 is 9.59 Å². The summed E-state index contributed by atoms with van der Waals surface area (Å²) in [5, 5.41) is 5.98. The van der Waals surface area contributed by atoms with E-state index >= 15 is 0 Å². The third-order valence-electron chi connectivity index (χ3n) is 2.71. The number of carbonyl (C=O) groups is 2. The first kappa shape index (κ1) is 14.6. The molecule has 1 aliphatic heterocycles. The predicted molar refractivity (Wildman–Crippen MR) is 70.3 cm³/mol. The summed E-state index contributed by atoms with van der Waals surface area (Å²) in [6, 6.07) is 0.236. The molecule has 0 spiro atoms. The summed E-state index contributed by atoms with van der Waals surface area (Å²) >= 11 is 1.71. The first-order valence-corrected chi connectivity index (χ1v) is 6.68. The maximum atomic E-state index is 11.9. The van der Waals surface area contributed by atoms with Crippen molar-refractivity contribution in [1.29, 1.82) is 0 Å². The van der Waals surface area contributed by atoms with Gasteiger partial charge in [-0.3, -0.25) is 14.9 Å². The van der Waals surface area contributed by atoms with E-state index in [9.17, 15) is 9.59 Å². The van der Waals surface area contributed by atoms with Crippen molar-refractivity contribution in [2.45, 2.75) is 24.9 Å². The smallest absolute Gasteiger partial charge is 0.240 e. The molecule has 2 fully saturated rings. The van der Waals surface area contributed by atoms with Gasteiger partial charge in [0, 0.05) is 24.7 Å². The van der Waals surface area contributed by atoms with E-state index in [0.717, 1.165) is 24.5 Å². The summed E-state index contributed by atoms with van der Waals surface area (Å²) in [4.78, 5) is 24.8. The Labute approximate surface area is 111 Å². The fourth-order valence-corrected chi connectivity index (χ4v) is 2.55. The van der Waals surface area contributed by atoms with Gasteiger partial charge in [-0.25, -0.2) is 0 Å². The van der Waals surface area contributed by atoms with Crippen molar-refractivity contribution in [3.05, 3.63) is 0 Å². The van der Waals surface area contributed by atoms with Crippen molar-refractivity contribution in [2.24, 2.45) is 0 Å². The van der Waals surface area contributed by atoms with E-state index in [1.165, 1.54) is 4.90 Å². The number of amides is 2. The third-order valence-corrected chi connectivity index (χ3v) is 3.65. The Bertz CT molecular complexity index is 293. The molecule has 1 unspecified atom stereocenters. The molecule has 1 atom stereocenters. The fraction of sp³-hybridized carbons (Fsp3) is 0.800. The van der Waals surface area contributed by atoms with Crippen LogP contribution in [0.4, 0.5) is 0 Å². The average Bonchev–Trinajstić information content (AvgIpc) is 2.89. The highest BCUT2D eigenvalue weighted by molar-refractivity contribution is 7.99. The van der Waals surface area contributed by atoms with Gasteiger partial charge in [-0.05, 0) is 12.8 Å². The number of likely N-dealkylation sites (N-methyl/N-ethyl adjacent to an activating group) is 1. The number of hydrogen-bond acceptors (Lipinski definition) is 4. The molecule has 7 heteroatoms. The summed E-state index contributed by atoms with van der Waals surface area (Å²) in [6.45, 7) is 0.165. The minimum atomic E-state index is -0.122. The Morgan fingerprint density at radius 3 is 2.71 bits per heavy atom. The standard InChI is InChI=1S/C10H17N3O2S.ClH/c1-13(4-9(14)12-7-2-3-7)10(15)8-5-16-6-11-8;/h7-8,11H,2-6H2,1H3,(H,12,14);1H. The van der Waals surface area contributed by atoms with Gasteiger partial charge in [-0.15, -0.1) is 24.2 Å². The van der Waals surface area contributed by atoms with Gasteiger partial charge in [0.15, 0.2) is 0 Å². The van der Waals surface area contributed by atoms with Crippen LogP contribution >= 0.6 is 24.2 Å². The molecule has 1 aliphatic carbocycles. The Kier molecular flexibility index (Phi) is 5.55. The van der Waals surface area contributed by atoms with Crippen molar-refractivity contribution in [2.75, 3.05) is 25.2 Å². The lowest BCUT2D eigenvalue weighted by Crippen LogP contribution is -2.47. The largest absolute Gasteiger partial charge is 0.352 e. The van der Waals surface area contributed by atoms with Crippen LogP contribution in [0.3, 0.4) is 0 Å². The lowest BCUT2D eigenvalue weighted by Gasteiger charge is -2.20. The second-order valence-corrected chi connectivity index (χ2v) is 5.34. The minimum absolute atomic E-state index is 0. The van der Waals surface area contributed by atoms with Gasteiger partial charge in [0.1, 0.15) is 0 Å². The van der Waals surface area contributed by atoms with E-state index in [1.807, 2.05) is 0 Å². The van der Waals surface area contributed by atoms with Crippen molar-refractivity contribution in [3.8, 4) is 0 Å². The van der Waals surface area contributed by atoms with Crippen LogP contribution in [-0.2, 0) is 9.59 Å². The lowest BCUT2D eigenvalue weighted by atomic mass is 10.3. The van der Waals surface area contributed by atoms with Crippen LogP contribution < -0.4 is 10.6 Å². The number of rotatable bonds is 4. The second-order valence-electron chi connectivity index (χ2n) is 4.31. The van der Waals surface area contributed by atoms with E-state index in [4.69, 9.17) is 0 Å². The Balaban J connectivity index is 0.00000144. The molecule has 0 aromatic heterocycles. The summed E-state index contributed by atoms with van der Waals surface area (Å²) in [5.41, 5.74) is 0. The van der Waals surface area contributed by atoms with Crippen LogP contribution in [-0.4, -0.2) is 54.0 Å².